The third-order valence-electron chi connectivity index (χ3n) is 3.94. The zero-order valence-corrected chi connectivity index (χ0v) is 15.5. The van der Waals surface area contributed by atoms with Gasteiger partial charge in [0.15, 0.2) is 9.84 Å². The molecule has 1 aromatic rings. The lowest BCUT2D eigenvalue weighted by atomic mass is 10.2. The third-order valence-corrected chi connectivity index (χ3v) is 7.60. The smallest absolute Gasteiger partial charge is 0.247 e. The maximum atomic E-state index is 13.0. The van der Waals surface area contributed by atoms with Crippen LogP contribution in [0.5, 0.6) is 11.5 Å². The van der Waals surface area contributed by atoms with Crippen LogP contribution in [0, 0.1) is 0 Å². The molecule has 142 valence electrons. The van der Waals surface area contributed by atoms with Crippen LogP contribution in [0.4, 0.5) is 0 Å². The molecule has 1 aliphatic heterocycles. The number of benzene rings is 1. The van der Waals surface area contributed by atoms with Gasteiger partial charge in [-0.3, -0.25) is 0 Å². The van der Waals surface area contributed by atoms with Crippen molar-refractivity contribution >= 4 is 19.9 Å². The SMILES string of the molecule is COc1ccc(S(=O)(=O)N(CCO)[C@@H]2CS(=O)(=O)C[C@H]2O)c(OC)c1. The average Bonchev–Trinajstić information content (AvgIpc) is 2.83. The Hall–Kier alpha value is -1.40. The summed E-state index contributed by atoms with van der Waals surface area (Å²) in [6.07, 6.45) is -1.37. The van der Waals surface area contributed by atoms with Gasteiger partial charge in [-0.25, -0.2) is 16.8 Å². The van der Waals surface area contributed by atoms with Gasteiger partial charge in [0.25, 0.3) is 0 Å². The van der Waals surface area contributed by atoms with E-state index in [0.717, 1.165) is 4.31 Å². The van der Waals surface area contributed by atoms with E-state index in [0.29, 0.717) is 5.75 Å². The van der Waals surface area contributed by atoms with Gasteiger partial charge in [-0.15, -0.1) is 0 Å². The minimum absolute atomic E-state index is 0.0117. The molecule has 9 nitrogen and oxygen atoms in total. The number of methoxy groups -OCH3 is 2. The van der Waals surface area contributed by atoms with E-state index in [1.165, 1.54) is 32.4 Å². The number of rotatable bonds is 7. The van der Waals surface area contributed by atoms with Crippen molar-refractivity contribution in [2.24, 2.45) is 0 Å². The number of aliphatic hydroxyl groups excluding tert-OH is 2. The highest BCUT2D eigenvalue weighted by Crippen LogP contribution is 2.33. The van der Waals surface area contributed by atoms with Gasteiger partial charge in [-0.05, 0) is 12.1 Å². The highest BCUT2D eigenvalue weighted by Gasteiger charge is 2.45. The maximum absolute atomic E-state index is 13.0. The first kappa shape index (κ1) is 19.9. The van der Waals surface area contributed by atoms with Gasteiger partial charge in [0.2, 0.25) is 10.0 Å². The van der Waals surface area contributed by atoms with E-state index in [1.54, 1.807) is 0 Å². The van der Waals surface area contributed by atoms with Crippen LogP contribution in [0.25, 0.3) is 0 Å². The Balaban J connectivity index is 2.50. The number of ether oxygens (including phenoxy) is 2. The number of hydrogen-bond acceptors (Lipinski definition) is 8. The summed E-state index contributed by atoms with van der Waals surface area (Å²) in [7, 11) is -5.09. The summed E-state index contributed by atoms with van der Waals surface area (Å²) in [4.78, 5) is -0.208. The van der Waals surface area contributed by atoms with Crippen molar-refractivity contribution in [3.05, 3.63) is 18.2 Å². The van der Waals surface area contributed by atoms with Crippen molar-refractivity contribution in [3.63, 3.8) is 0 Å². The van der Waals surface area contributed by atoms with E-state index >= 15 is 0 Å². The molecular weight excluding hydrogens is 374 g/mol. The average molecular weight is 395 g/mol. The molecule has 0 aliphatic carbocycles. The van der Waals surface area contributed by atoms with Gasteiger partial charge >= 0.3 is 0 Å². The summed E-state index contributed by atoms with van der Waals surface area (Å²) in [5.41, 5.74) is 0. The molecule has 1 fully saturated rings. The molecule has 0 bridgehead atoms. The fraction of sp³-hybridized carbons (Fsp3) is 0.571. The quantitative estimate of drug-likeness (QED) is 0.591. The van der Waals surface area contributed by atoms with Gasteiger partial charge in [-0.2, -0.15) is 4.31 Å². The van der Waals surface area contributed by atoms with Gasteiger partial charge in [-0.1, -0.05) is 0 Å². The molecule has 0 amide bonds. The Morgan fingerprint density at radius 3 is 2.40 bits per heavy atom. The molecule has 1 aliphatic rings. The summed E-state index contributed by atoms with van der Waals surface area (Å²) in [6.45, 7) is -0.879. The lowest BCUT2D eigenvalue weighted by molar-refractivity contribution is 0.117. The van der Waals surface area contributed by atoms with Crippen molar-refractivity contribution in [2.45, 2.75) is 17.0 Å². The second kappa shape index (κ2) is 7.46. The van der Waals surface area contributed by atoms with Gasteiger partial charge in [0.05, 0.1) is 44.5 Å². The number of aliphatic hydroxyl groups is 2. The predicted octanol–water partition coefficient (Wildman–Crippen LogP) is -1.16. The lowest BCUT2D eigenvalue weighted by Gasteiger charge is -2.29. The van der Waals surface area contributed by atoms with Gasteiger partial charge in [0.1, 0.15) is 16.4 Å². The zero-order valence-electron chi connectivity index (χ0n) is 13.8. The number of sulfonamides is 1. The summed E-state index contributed by atoms with van der Waals surface area (Å²) < 4.78 is 60.5. The van der Waals surface area contributed by atoms with Crippen LogP contribution >= 0.6 is 0 Å². The molecule has 11 heteroatoms. The molecule has 0 radical (unpaired) electrons. The molecule has 2 atom stereocenters. The van der Waals surface area contributed by atoms with E-state index in [9.17, 15) is 27.0 Å². The Labute approximate surface area is 146 Å². The van der Waals surface area contributed by atoms with Crippen LogP contribution in [-0.2, 0) is 19.9 Å². The van der Waals surface area contributed by atoms with Crippen molar-refractivity contribution < 1.29 is 36.5 Å². The second-order valence-corrected chi connectivity index (χ2v) is 9.58. The van der Waals surface area contributed by atoms with Crippen LogP contribution in [-0.4, -0.2) is 82.4 Å². The number of nitrogens with zero attached hydrogens (tertiary/aromatic N) is 1. The minimum atomic E-state index is -4.23. The highest BCUT2D eigenvalue weighted by atomic mass is 32.2. The van der Waals surface area contributed by atoms with Crippen LogP contribution in [0.3, 0.4) is 0 Å². The normalized spacial score (nSPS) is 22.9. The van der Waals surface area contributed by atoms with E-state index in [2.05, 4.69) is 0 Å². The summed E-state index contributed by atoms with van der Waals surface area (Å²) in [5, 5.41) is 19.3. The molecule has 1 saturated heterocycles. The van der Waals surface area contributed by atoms with E-state index in [-0.39, 0.29) is 17.2 Å². The molecule has 0 aromatic heterocycles. The predicted molar refractivity (Wildman–Crippen MR) is 89.0 cm³/mol. The first-order valence-corrected chi connectivity index (χ1v) is 10.7. The number of sulfone groups is 1. The third kappa shape index (κ3) is 4.06. The molecule has 2 rings (SSSR count). The Kier molecular flexibility index (Phi) is 5.94. The standard InChI is InChI=1S/C14H21NO8S2/c1-22-10-3-4-14(13(7-10)23-2)25(20,21)15(5-6-16)11-8-24(18,19)9-12(11)17/h3-4,7,11-12,16-17H,5-6,8-9H2,1-2H3/t11-,12-/m1/s1. The molecule has 25 heavy (non-hydrogen) atoms. The van der Waals surface area contributed by atoms with Gasteiger partial charge < -0.3 is 19.7 Å². The first-order valence-electron chi connectivity index (χ1n) is 7.39. The molecule has 0 unspecified atom stereocenters. The minimum Gasteiger partial charge on any atom is -0.497 e. The van der Waals surface area contributed by atoms with Crippen molar-refractivity contribution in [3.8, 4) is 11.5 Å². The molecule has 1 heterocycles. The highest BCUT2D eigenvalue weighted by molar-refractivity contribution is 7.92. The van der Waals surface area contributed by atoms with E-state index in [4.69, 9.17) is 9.47 Å². The number of hydrogen-bond donors (Lipinski definition) is 2. The topological polar surface area (TPSA) is 130 Å². The van der Waals surface area contributed by atoms with Crippen molar-refractivity contribution in [1.29, 1.82) is 0 Å². The van der Waals surface area contributed by atoms with Crippen LogP contribution in [0.2, 0.25) is 0 Å². The first-order chi connectivity index (χ1) is 11.7. The van der Waals surface area contributed by atoms with Crippen LogP contribution in [0.1, 0.15) is 0 Å². The molecule has 0 spiro atoms. The molecule has 2 N–H and O–H groups in total. The fourth-order valence-electron chi connectivity index (χ4n) is 2.76. The summed E-state index contributed by atoms with van der Waals surface area (Å²) >= 11 is 0. The van der Waals surface area contributed by atoms with Crippen LogP contribution < -0.4 is 9.47 Å². The molecular formula is C14H21NO8S2. The second-order valence-electron chi connectivity index (χ2n) is 5.57. The molecule has 0 saturated carbocycles. The Bertz CT molecular complexity index is 821. The Morgan fingerprint density at radius 1 is 1.24 bits per heavy atom. The summed E-state index contributed by atoms with van der Waals surface area (Å²) in [5.74, 6) is -0.633. The Morgan fingerprint density at radius 2 is 1.92 bits per heavy atom. The largest absolute Gasteiger partial charge is 0.497 e. The fourth-order valence-corrected chi connectivity index (χ4v) is 6.44. The monoisotopic (exact) mass is 395 g/mol. The van der Waals surface area contributed by atoms with Crippen LogP contribution in [0.15, 0.2) is 23.1 Å². The van der Waals surface area contributed by atoms with E-state index in [1.807, 2.05) is 0 Å². The summed E-state index contributed by atoms with van der Waals surface area (Å²) in [6, 6.07) is 2.90. The zero-order chi connectivity index (χ0) is 18.8. The maximum Gasteiger partial charge on any atom is 0.247 e. The lowest BCUT2D eigenvalue weighted by Crippen LogP contribution is -2.47. The van der Waals surface area contributed by atoms with Crippen molar-refractivity contribution in [1.82, 2.24) is 4.31 Å². The van der Waals surface area contributed by atoms with Gasteiger partial charge in [0, 0.05) is 12.6 Å². The van der Waals surface area contributed by atoms with Crippen molar-refractivity contribution in [2.75, 3.05) is 38.9 Å². The van der Waals surface area contributed by atoms with E-state index < -0.39 is 50.1 Å². The molecule has 1 aromatic carbocycles.